The van der Waals surface area contributed by atoms with Crippen molar-refractivity contribution in [1.82, 2.24) is 15.5 Å². The molecule has 11 nitrogen and oxygen atoms in total. The molecule has 1 aliphatic heterocycles. The van der Waals surface area contributed by atoms with Crippen molar-refractivity contribution < 1.29 is 39.0 Å². The number of rotatable bonds is 13. The van der Waals surface area contributed by atoms with Crippen LogP contribution in [0, 0.1) is 5.92 Å². The Morgan fingerprint density at radius 1 is 1.10 bits per heavy atom. The van der Waals surface area contributed by atoms with Gasteiger partial charge in [0.15, 0.2) is 0 Å². The van der Waals surface area contributed by atoms with Crippen LogP contribution in [0.5, 0.6) is 0 Å². The summed E-state index contributed by atoms with van der Waals surface area (Å²) in [6, 6.07) is -3.25. The Hall–Kier alpha value is -2.98. The first-order chi connectivity index (χ1) is 14.6. The lowest BCUT2D eigenvalue weighted by Gasteiger charge is -2.29. The van der Waals surface area contributed by atoms with Crippen LogP contribution in [0.1, 0.15) is 58.8 Å². The molecule has 1 saturated heterocycles. The van der Waals surface area contributed by atoms with Crippen LogP contribution in [0.2, 0.25) is 0 Å². The molecule has 1 rings (SSSR count). The normalized spacial score (nSPS) is 18.5. The van der Waals surface area contributed by atoms with Gasteiger partial charge in [-0.15, -0.1) is 0 Å². The molecule has 0 aromatic rings. The molecule has 11 heteroatoms. The molecule has 1 heterocycles. The number of nitrogens with zero attached hydrogens (tertiary/aromatic N) is 1. The fraction of sp³-hybridized carbons (Fsp3) is 0.700. The quantitative estimate of drug-likeness (QED) is 0.288. The maximum absolute atomic E-state index is 13.1. The molecule has 0 bridgehead atoms. The van der Waals surface area contributed by atoms with E-state index in [0.29, 0.717) is 19.1 Å². The Labute approximate surface area is 180 Å². The summed E-state index contributed by atoms with van der Waals surface area (Å²) in [4.78, 5) is 72.0. The van der Waals surface area contributed by atoms with Crippen LogP contribution in [-0.4, -0.2) is 75.7 Å². The summed E-state index contributed by atoms with van der Waals surface area (Å²) < 4.78 is 0. The van der Waals surface area contributed by atoms with E-state index in [-0.39, 0.29) is 37.6 Å². The van der Waals surface area contributed by atoms with Gasteiger partial charge < -0.3 is 30.5 Å². The Morgan fingerprint density at radius 3 is 2.32 bits per heavy atom. The van der Waals surface area contributed by atoms with Crippen molar-refractivity contribution in [2.45, 2.75) is 76.9 Å². The van der Waals surface area contributed by atoms with Crippen molar-refractivity contribution in [2.24, 2.45) is 5.92 Å². The molecule has 4 N–H and O–H groups in total. The number of hydrogen-bond donors (Lipinski definition) is 4. The van der Waals surface area contributed by atoms with Crippen molar-refractivity contribution in [3.05, 3.63) is 0 Å². The van der Waals surface area contributed by atoms with E-state index in [4.69, 9.17) is 10.2 Å². The number of amides is 3. The van der Waals surface area contributed by atoms with E-state index in [1.54, 1.807) is 0 Å². The highest BCUT2D eigenvalue weighted by Crippen LogP contribution is 2.20. The highest BCUT2D eigenvalue weighted by atomic mass is 16.4. The average Bonchev–Trinajstić information content (AvgIpc) is 3.19. The predicted octanol–water partition coefficient (Wildman–Crippen LogP) is -0.0784. The van der Waals surface area contributed by atoms with Crippen LogP contribution >= 0.6 is 0 Å². The van der Waals surface area contributed by atoms with E-state index < -0.39 is 48.3 Å². The van der Waals surface area contributed by atoms with E-state index in [9.17, 15) is 28.8 Å². The number of aliphatic carboxylic acids is 2. The monoisotopic (exact) mass is 441 g/mol. The maximum atomic E-state index is 13.1. The van der Waals surface area contributed by atoms with E-state index in [1.807, 2.05) is 13.8 Å². The number of carboxylic acids is 2. The van der Waals surface area contributed by atoms with Gasteiger partial charge in [-0.25, -0.2) is 0 Å². The lowest BCUT2D eigenvalue weighted by molar-refractivity contribution is -0.144. The largest absolute Gasteiger partial charge is 0.481 e. The Bertz CT molecular complexity index is 696. The van der Waals surface area contributed by atoms with Gasteiger partial charge in [-0.1, -0.05) is 20.3 Å². The first-order valence-corrected chi connectivity index (χ1v) is 10.4. The highest BCUT2D eigenvalue weighted by molar-refractivity contribution is 5.93. The summed E-state index contributed by atoms with van der Waals surface area (Å²) >= 11 is 0. The first-order valence-electron chi connectivity index (χ1n) is 10.4. The summed E-state index contributed by atoms with van der Waals surface area (Å²) in [5, 5.41) is 22.7. The molecule has 0 aromatic heterocycles. The molecule has 3 amide bonds. The maximum Gasteiger partial charge on any atom is 0.305 e. The second-order valence-corrected chi connectivity index (χ2v) is 7.81. The van der Waals surface area contributed by atoms with Crippen LogP contribution < -0.4 is 10.6 Å². The molecule has 0 aliphatic carbocycles. The number of likely N-dealkylation sites (tertiary alicyclic amines) is 1. The van der Waals surface area contributed by atoms with Crippen LogP contribution in [-0.2, 0) is 28.8 Å². The molecule has 31 heavy (non-hydrogen) atoms. The van der Waals surface area contributed by atoms with Gasteiger partial charge in [0, 0.05) is 19.4 Å². The van der Waals surface area contributed by atoms with Gasteiger partial charge in [0.2, 0.25) is 17.7 Å². The summed E-state index contributed by atoms with van der Waals surface area (Å²) in [7, 11) is 0. The standard InChI is InChI=1S/C20H31N3O8/c1-3-12(2)9-16(25)22-14(6-7-17(26)27)20(31)23-8-4-5-15(23)19(30)21-13(11-24)10-18(28)29/h11-15H,3-10H2,1-2H3,(H,21,30)(H,22,25)(H,26,27)(H,28,29)/t12?,13?,14-,15?/m0/s1. The van der Waals surface area contributed by atoms with Crippen LogP contribution in [0.15, 0.2) is 0 Å². The Balaban J connectivity index is 2.90. The van der Waals surface area contributed by atoms with Gasteiger partial charge in [-0.05, 0) is 25.2 Å². The number of carboxylic acid groups (broad SMARTS) is 2. The third-order valence-electron chi connectivity index (χ3n) is 5.24. The van der Waals surface area contributed by atoms with Crippen molar-refractivity contribution >= 4 is 35.9 Å². The Kier molecular flexibility index (Phi) is 10.6. The van der Waals surface area contributed by atoms with Crippen molar-refractivity contribution in [3.8, 4) is 0 Å². The van der Waals surface area contributed by atoms with Crippen molar-refractivity contribution in [3.63, 3.8) is 0 Å². The Morgan fingerprint density at radius 2 is 1.77 bits per heavy atom. The number of hydrogen-bond acceptors (Lipinski definition) is 6. The first kappa shape index (κ1) is 26.1. The summed E-state index contributed by atoms with van der Waals surface area (Å²) in [5.41, 5.74) is 0. The van der Waals surface area contributed by atoms with Gasteiger partial charge in [0.1, 0.15) is 18.4 Å². The molecule has 1 fully saturated rings. The van der Waals surface area contributed by atoms with Gasteiger partial charge in [-0.2, -0.15) is 0 Å². The topological polar surface area (TPSA) is 170 Å². The minimum absolute atomic E-state index is 0.0926. The lowest BCUT2D eigenvalue weighted by Crippen LogP contribution is -2.55. The van der Waals surface area contributed by atoms with Gasteiger partial charge in [0.05, 0.1) is 12.5 Å². The second kappa shape index (κ2) is 12.7. The SMILES string of the molecule is CCC(C)CC(=O)N[C@@H](CCC(=O)O)C(=O)N1CCCC1C(=O)NC(C=O)CC(=O)O. The van der Waals surface area contributed by atoms with Crippen molar-refractivity contribution in [2.75, 3.05) is 6.54 Å². The average molecular weight is 441 g/mol. The minimum Gasteiger partial charge on any atom is -0.481 e. The zero-order valence-electron chi connectivity index (χ0n) is 17.8. The zero-order chi connectivity index (χ0) is 23.6. The van der Waals surface area contributed by atoms with Crippen LogP contribution in [0.25, 0.3) is 0 Å². The summed E-state index contributed by atoms with van der Waals surface area (Å²) in [5.74, 6) is -3.89. The van der Waals surface area contributed by atoms with Crippen LogP contribution in [0.3, 0.4) is 0 Å². The van der Waals surface area contributed by atoms with Gasteiger partial charge in [0.25, 0.3) is 0 Å². The van der Waals surface area contributed by atoms with Gasteiger partial charge >= 0.3 is 11.9 Å². The molecule has 0 radical (unpaired) electrons. The molecule has 1 aliphatic rings. The molecule has 4 atom stereocenters. The summed E-state index contributed by atoms with van der Waals surface area (Å²) in [6.07, 6.45) is 1.04. The predicted molar refractivity (Wildman–Crippen MR) is 108 cm³/mol. The van der Waals surface area contributed by atoms with E-state index in [2.05, 4.69) is 10.6 Å². The smallest absolute Gasteiger partial charge is 0.305 e. The number of carbonyl (C=O) groups is 6. The molecule has 0 saturated carbocycles. The fourth-order valence-corrected chi connectivity index (χ4v) is 3.34. The zero-order valence-corrected chi connectivity index (χ0v) is 17.8. The molecule has 174 valence electrons. The third kappa shape index (κ3) is 8.73. The van der Waals surface area contributed by atoms with E-state index in [0.717, 1.165) is 6.42 Å². The minimum atomic E-state index is -1.26. The molecule has 0 aromatic carbocycles. The summed E-state index contributed by atoms with van der Waals surface area (Å²) in [6.45, 7) is 4.04. The number of nitrogens with one attached hydrogen (secondary N) is 2. The van der Waals surface area contributed by atoms with Crippen molar-refractivity contribution in [1.29, 1.82) is 0 Å². The van der Waals surface area contributed by atoms with Crippen LogP contribution in [0.4, 0.5) is 0 Å². The number of carbonyl (C=O) groups excluding carboxylic acids is 4. The van der Waals surface area contributed by atoms with E-state index in [1.165, 1.54) is 4.90 Å². The molecular weight excluding hydrogens is 410 g/mol. The van der Waals surface area contributed by atoms with Gasteiger partial charge in [-0.3, -0.25) is 24.0 Å². The van der Waals surface area contributed by atoms with E-state index >= 15 is 0 Å². The second-order valence-electron chi connectivity index (χ2n) is 7.81. The molecular formula is C20H31N3O8. The third-order valence-corrected chi connectivity index (χ3v) is 5.24. The molecule has 0 spiro atoms. The fourth-order valence-electron chi connectivity index (χ4n) is 3.34. The number of aldehydes is 1. The lowest BCUT2D eigenvalue weighted by atomic mass is 10.0. The molecule has 3 unspecified atom stereocenters. The highest BCUT2D eigenvalue weighted by Gasteiger charge is 2.38.